The average molecular weight is 435 g/mol. The Kier molecular flexibility index (Phi) is 6.99. The summed E-state index contributed by atoms with van der Waals surface area (Å²) >= 11 is 1.77. The Bertz CT molecular complexity index is 995. The molecule has 1 atom stereocenters. The number of ether oxygens (including phenoxy) is 2. The van der Waals surface area contributed by atoms with Gasteiger partial charge in [-0.2, -0.15) is 0 Å². The van der Waals surface area contributed by atoms with Crippen molar-refractivity contribution < 1.29 is 14.3 Å². The molecule has 2 amide bonds. The number of benzene rings is 3. The number of hydrogen-bond acceptors (Lipinski definition) is 4. The molecule has 1 unspecified atom stereocenters. The molecule has 0 radical (unpaired) electrons. The summed E-state index contributed by atoms with van der Waals surface area (Å²) in [6, 6.07) is 25.5. The quantitative estimate of drug-likeness (QED) is 0.500. The van der Waals surface area contributed by atoms with Crippen molar-refractivity contribution in [3.63, 3.8) is 0 Å². The van der Waals surface area contributed by atoms with Crippen LogP contribution in [-0.2, 0) is 6.61 Å². The van der Waals surface area contributed by atoms with E-state index in [2.05, 4.69) is 5.32 Å². The number of nitrogens with zero attached hydrogens (tertiary/aromatic N) is 1. The third-order valence-corrected chi connectivity index (χ3v) is 6.25. The van der Waals surface area contributed by atoms with Crippen molar-refractivity contribution in [2.45, 2.75) is 18.9 Å². The van der Waals surface area contributed by atoms with Gasteiger partial charge < -0.3 is 19.7 Å². The monoisotopic (exact) mass is 434 g/mol. The molecule has 6 heteroatoms. The molecule has 3 aromatic rings. The molecule has 1 aliphatic heterocycles. The Balaban J connectivity index is 1.40. The number of urea groups is 1. The molecule has 1 heterocycles. The lowest BCUT2D eigenvalue weighted by Crippen LogP contribution is -2.34. The number of thioether (sulfide) groups is 1. The predicted octanol–water partition coefficient (Wildman–Crippen LogP) is 5.94. The number of anilines is 1. The van der Waals surface area contributed by atoms with Gasteiger partial charge in [-0.15, -0.1) is 11.8 Å². The van der Waals surface area contributed by atoms with Crippen molar-refractivity contribution in [1.29, 1.82) is 0 Å². The molecule has 0 saturated carbocycles. The Labute approximate surface area is 187 Å². The van der Waals surface area contributed by atoms with E-state index >= 15 is 0 Å². The Hall–Kier alpha value is -3.12. The smallest absolute Gasteiger partial charge is 0.323 e. The Morgan fingerprint density at radius 3 is 2.52 bits per heavy atom. The highest BCUT2D eigenvalue weighted by molar-refractivity contribution is 7.99. The molecule has 0 spiro atoms. The highest BCUT2D eigenvalue weighted by Crippen LogP contribution is 2.39. The first-order valence-corrected chi connectivity index (χ1v) is 11.5. The number of rotatable bonds is 7. The van der Waals surface area contributed by atoms with E-state index in [9.17, 15) is 4.79 Å². The minimum atomic E-state index is -0.119. The van der Waals surface area contributed by atoms with Crippen LogP contribution in [-0.4, -0.2) is 29.8 Å². The standard InChI is InChI=1S/C25H26N2O3S/c1-2-29-23-11-7-6-10-22(23)26-25(28)27-16-17-31-24(27)20-12-14-21(15-13-20)30-18-19-8-4-3-5-9-19/h3-15,24H,2,16-18H2,1H3,(H,26,28). The van der Waals surface area contributed by atoms with Gasteiger partial charge in [-0.1, -0.05) is 54.6 Å². The summed E-state index contributed by atoms with van der Waals surface area (Å²) < 4.78 is 11.5. The molecule has 1 N–H and O–H groups in total. The van der Waals surface area contributed by atoms with E-state index < -0.39 is 0 Å². The summed E-state index contributed by atoms with van der Waals surface area (Å²) in [7, 11) is 0. The SMILES string of the molecule is CCOc1ccccc1NC(=O)N1CCSC1c1ccc(OCc2ccccc2)cc1. The van der Waals surface area contributed by atoms with Gasteiger partial charge in [0.2, 0.25) is 0 Å². The third-order valence-electron chi connectivity index (χ3n) is 4.99. The van der Waals surface area contributed by atoms with E-state index in [1.807, 2.05) is 90.7 Å². The van der Waals surface area contributed by atoms with Crippen LogP contribution in [0.15, 0.2) is 78.9 Å². The van der Waals surface area contributed by atoms with E-state index in [-0.39, 0.29) is 11.4 Å². The van der Waals surface area contributed by atoms with Crippen LogP contribution >= 0.6 is 11.8 Å². The highest BCUT2D eigenvalue weighted by atomic mass is 32.2. The lowest BCUT2D eigenvalue weighted by Gasteiger charge is -2.25. The van der Waals surface area contributed by atoms with Crippen LogP contribution in [0.3, 0.4) is 0 Å². The van der Waals surface area contributed by atoms with Crippen molar-refractivity contribution >= 4 is 23.5 Å². The summed E-state index contributed by atoms with van der Waals surface area (Å²) in [6.07, 6.45) is 0. The van der Waals surface area contributed by atoms with E-state index in [0.29, 0.717) is 31.2 Å². The molecule has 160 valence electrons. The van der Waals surface area contributed by atoms with Crippen molar-refractivity contribution in [3.05, 3.63) is 90.0 Å². The molecule has 1 aliphatic rings. The fourth-order valence-corrected chi connectivity index (χ4v) is 4.72. The van der Waals surface area contributed by atoms with Crippen LogP contribution in [0.5, 0.6) is 11.5 Å². The molecular formula is C25H26N2O3S. The van der Waals surface area contributed by atoms with Crippen molar-refractivity contribution in [2.24, 2.45) is 0 Å². The van der Waals surface area contributed by atoms with Crippen LogP contribution < -0.4 is 14.8 Å². The number of nitrogens with one attached hydrogen (secondary N) is 1. The first-order valence-electron chi connectivity index (χ1n) is 10.4. The van der Waals surface area contributed by atoms with E-state index in [4.69, 9.17) is 9.47 Å². The van der Waals surface area contributed by atoms with Gasteiger partial charge in [0, 0.05) is 12.3 Å². The topological polar surface area (TPSA) is 50.8 Å². The zero-order valence-electron chi connectivity index (χ0n) is 17.5. The van der Waals surface area contributed by atoms with Crippen LogP contribution in [0, 0.1) is 0 Å². The molecule has 3 aromatic carbocycles. The first-order chi connectivity index (χ1) is 15.2. The predicted molar refractivity (Wildman–Crippen MR) is 126 cm³/mol. The second-order valence-corrected chi connectivity index (χ2v) is 8.31. The lowest BCUT2D eigenvalue weighted by atomic mass is 10.2. The zero-order valence-corrected chi connectivity index (χ0v) is 18.3. The van der Waals surface area contributed by atoms with Crippen LogP contribution in [0.2, 0.25) is 0 Å². The van der Waals surface area contributed by atoms with E-state index in [1.54, 1.807) is 11.8 Å². The molecular weight excluding hydrogens is 408 g/mol. The summed E-state index contributed by atoms with van der Waals surface area (Å²) in [5.41, 5.74) is 2.91. The minimum Gasteiger partial charge on any atom is -0.492 e. The molecule has 0 bridgehead atoms. The normalized spacial score (nSPS) is 15.5. The van der Waals surface area contributed by atoms with Gasteiger partial charge in [-0.25, -0.2) is 4.79 Å². The largest absolute Gasteiger partial charge is 0.492 e. The molecule has 1 fully saturated rings. The van der Waals surface area contributed by atoms with Gasteiger partial charge in [0.25, 0.3) is 0 Å². The third kappa shape index (κ3) is 5.33. The number of amides is 2. The van der Waals surface area contributed by atoms with Crippen molar-refractivity contribution in [1.82, 2.24) is 4.90 Å². The summed E-state index contributed by atoms with van der Waals surface area (Å²) in [5.74, 6) is 2.40. The maximum absolute atomic E-state index is 13.0. The fraction of sp³-hybridized carbons (Fsp3) is 0.240. The minimum absolute atomic E-state index is 0.0255. The van der Waals surface area contributed by atoms with E-state index in [1.165, 1.54) is 0 Å². The summed E-state index contributed by atoms with van der Waals surface area (Å²) in [4.78, 5) is 14.9. The van der Waals surface area contributed by atoms with Gasteiger partial charge in [0.05, 0.1) is 12.3 Å². The Morgan fingerprint density at radius 2 is 1.74 bits per heavy atom. The molecule has 5 nitrogen and oxygen atoms in total. The first kappa shape index (κ1) is 21.1. The second-order valence-electron chi connectivity index (χ2n) is 7.12. The summed E-state index contributed by atoms with van der Waals surface area (Å²) in [6.45, 7) is 3.71. The zero-order chi connectivity index (χ0) is 21.5. The van der Waals surface area contributed by atoms with Crippen LogP contribution in [0.1, 0.15) is 23.4 Å². The van der Waals surface area contributed by atoms with Gasteiger partial charge in [0.1, 0.15) is 23.5 Å². The maximum atomic E-state index is 13.0. The van der Waals surface area contributed by atoms with Crippen molar-refractivity contribution in [2.75, 3.05) is 24.2 Å². The second kappa shape index (κ2) is 10.3. The van der Waals surface area contributed by atoms with Gasteiger partial charge >= 0.3 is 6.03 Å². The molecule has 1 saturated heterocycles. The number of carbonyl (C=O) groups is 1. The maximum Gasteiger partial charge on any atom is 0.323 e. The highest BCUT2D eigenvalue weighted by Gasteiger charge is 2.31. The number of hydrogen-bond donors (Lipinski definition) is 1. The van der Waals surface area contributed by atoms with Crippen LogP contribution in [0.4, 0.5) is 10.5 Å². The van der Waals surface area contributed by atoms with Gasteiger partial charge in [0.15, 0.2) is 0 Å². The van der Waals surface area contributed by atoms with Crippen molar-refractivity contribution in [3.8, 4) is 11.5 Å². The number of para-hydroxylation sites is 2. The lowest BCUT2D eigenvalue weighted by molar-refractivity contribution is 0.214. The fourth-order valence-electron chi connectivity index (χ4n) is 3.46. The molecule has 0 aromatic heterocycles. The Morgan fingerprint density at radius 1 is 1.00 bits per heavy atom. The molecule has 0 aliphatic carbocycles. The van der Waals surface area contributed by atoms with Crippen LogP contribution in [0.25, 0.3) is 0 Å². The van der Waals surface area contributed by atoms with Gasteiger partial charge in [-0.05, 0) is 42.3 Å². The summed E-state index contributed by atoms with van der Waals surface area (Å²) in [5, 5.41) is 2.99. The molecule has 4 rings (SSSR count). The van der Waals surface area contributed by atoms with Gasteiger partial charge in [-0.3, -0.25) is 0 Å². The average Bonchev–Trinajstić information content (AvgIpc) is 3.30. The number of carbonyl (C=O) groups excluding carboxylic acids is 1. The molecule has 31 heavy (non-hydrogen) atoms. The van der Waals surface area contributed by atoms with E-state index in [0.717, 1.165) is 22.6 Å².